The molecule has 1 aliphatic rings. The monoisotopic (exact) mass is 432 g/mol. The Balaban J connectivity index is 1.59. The van der Waals surface area contributed by atoms with Gasteiger partial charge in [-0.2, -0.15) is 9.50 Å². The quantitative estimate of drug-likeness (QED) is 0.627. The summed E-state index contributed by atoms with van der Waals surface area (Å²) in [4.78, 5) is 25.3. The van der Waals surface area contributed by atoms with Crippen LogP contribution in [0.5, 0.6) is 0 Å². The van der Waals surface area contributed by atoms with Gasteiger partial charge in [-0.3, -0.25) is 4.79 Å². The van der Waals surface area contributed by atoms with Crippen LogP contribution in [0.25, 0.3) is 17.0 Å². The van der Waals surface area contributed by atoms with Crippen molar-refractivity contribution >= 4 is 40.8 Å². The number of anilines is 1. The molecule has 3 aromatic rings. The lowest BCUT2D eigenvalue weighted by Crippen LogP contribution is -2.50. The largest absolute Gasteiger partial charge is 0.339 e. The van der Waals surface area contributed by atoms with Crippen LogP contribution >= 0.6 is 23.2 Å². The number of benzene rings is 1. The minimum absolute atomic E-state index is 0.0593. The molecule has 29 heavy (non-hydrogen) atoms. The molecule has 1 amide bonds. The number of carbonyl (C=O) groups is 1. The maximum atomic E-state index is 12.4. The van der Waals surface area contributed by atoms with Crippen LogP contribution in [0, 0.1) is 5.92 Å². The Hall–Kier alpha value is -2.38. The second kappa shape index (κ2) is 8.16. The molecule has 1 aromatic carbocycles. The summed E-state index contributed by atoms with van der Waals surface area (Å²) in [7, 11) is 0. The molecule has 1 atom stereocenters. The zero-order valence-corrected chi connectivity index (χ0v) is 17.9. The first-order valence-electron chi connectivity index (χ1n) is 9.69. The van der Waals surface area contributed by atoms with Gasteiger partial charge in [0.2, 0.25) is 11.9 Å². The lowest BCUT2D eigenvalue weighted by atomic mass is 10.1. The Morgan fingerprint density at radius 1 is 1.17 bits per heavy atom. The third kappa shape index (κ3) is 3.89. The molecule has 0 radical (unpaired) electrons. The fraction of sp³-hybridized carbons (Fsp3) is 0.400. The van der Waals surface area contributed by atoms with Crippen molar-refractivity contribution in [1.29, 1.82) is 0 Å². The number of halogens is 2. The van der Waals surface area contributed by atoms with E-state index in [4.69, 9.17) is 23.2 Å². The van der Waals surface area contributed by atoms with E-state index in [0.29, 0.717) is 48.0 Å². The van der Waals surface area contributed by atoms with Crippen LogP contribution in [0.1, 0.15) is 20.3 Å². The van der Waals surface area contributed by atoms with E-state index in [9.17, 15) is 4.79 Å². The minimum atomic E-state index is 0.0593. The highest BCUT2D eigenvalue weighted by atomic mass is 35.5. The van der Waals surface area contributed by atoms with Gasteiger partial charge < -0.3 is 9.80 Å². The summed E-state index contributed by atoms with van der Waals surface area (Å²) >= 11 is 12.5. The van der Waals surface area contributed by atoms with Crippen LogP contribution in [-0.4, -0.2) is 56.6 Å². The number of amides is 1. The third-order valence-corrected chi connectivity index (χ3v) is 5.91. The van der Waals surface area contributed by atoms with Gasteiger partial charge in [0.25, 0.3) is 5.78 Å². The predicted octanol–water partition coefficient (Wildman–Crippen LogP) is 3.79. The highest BCUT2D eigenvalue weighted by Crippen LogP contribution is 2.30. The van der Waals surface area contributed by atoms with Crippen molar-refractivity contribution in [1.82, 2.24) is 24.5 Å². The molecule has 7 nitrogen and oxygen atoms in total. The molecule has 0 saturated carbocycles. The first-order chi connectivity index (χ1) is 14.0. The van der Waals surface area contributed by atoms with Gasteiger partial charge in [-0.05, 0) is 30.7 Å². The van der Waals surface area contributed by atoms with Crippen LogP contribution in [0.2, 0.25) is 10.0 Å². The third-order valence-electron chi connectivity index (χ3n) is 5.34. The number of hydrogen-bond acceptors (Lipinski definition) is 5. The molecule has 2 aromatic heterocycles. The van der Waals surface area contributed by atoms with Crippen molar-refractivity contribution in [3.05, 3.63) is 40.5 Å². The summed E-state index contributed by atoms with van der Waals surface area (Å²) in [6, 6.07) is 7.15. The summed E-state index contributed by atoms with van der Waals surface area (Å²) in [6.45, 7) is 6.72. The zero-order chi connectivity index (χ0) is 20.5. The molecule has 9 heteroatoms. The molecule has 152 valence electrons. The van der Waals surface area contributed by atoms with E-state index in [1.54, 1.807) is 28.9 Å². The Kier molecular flexibility index (Phi) is 5.61. The Morgan fingerprint density at radius 3 is 2.66 bits per heavy atom. The first kappa shape index (κ1) is 19.9. The van der Waals surface area contributed by atoms with Crippen molar-refractivity contribution < 1.29 is 4.79 Å². The van der Waals surface area contributed by atoms with E-state index < -0.39 is 0 Å². The lowest BCUT2D eigenvalue weighted by molar-refractivity contribution is -0.135. The van der Waals surface area contributed by atoms with Gasteiger partial charge >= 0.3 is 0 Å². The zero-order valence-electron chi connectivity index (χ0n) is 16.3. The van der Waals surface area contributed by atoms with Crippen LogP contribution in [0.4, 0.5) is 5.95 Å². The van der Waals surface area contributed by atoms with Crippen molar-refractivity contribution in [3.63, 3.8) is 0 Å². The SMILES string of the molecule is CCC(C)C(=O)N1CCN(c2nc3nccc(-c4cc(Cl)ccc4Cl)n3n2)CC1. The van der Waals surface area contributed by atoms with Crippen LogP contribution in [0.3, 0.4) is 0 Å². The highest BCUT2D eigenvalue weighted by molar-refractivity contribution is 6.35. The predicted molar refractivity (Wildman–Crippen MR) is 114 cm³/mol. The topological polar surface area (TPSA) is 66.6 Å². The summed E-state index contributed by atoms with van der Waals surface area (Å²) in [6.07, 6.45) is 2.54. The van der Waals surface area contributed by atoms with Gasteiger partial charge in [0.05, 0.1) is 10.7 Å². The average Bonchev–Trinajstić information content (AvgIpc) is 3.19. The van der Waals surface area contributed by atoms with Gasteiger partial charge in [-0.15, -0.1) is 5.10 Å². The van der Waals surface area contributed by atoms with Gasteiger partial charge in [-0.25, -0.2) is 4.98 Å². The fourth-order valence-corrected chi connectivity index (χ4v) is 3.81. The summed E-state index contributed by atoms with van der Waals surface area (Å²) in [5, 5.41) is 5.84. The van der Waals surface area contributed by atoms with E-state index in [1.165, 1.54) is 0 Å². The standard InChI is InChI=1S/C20H22Cl2N6O/c1-3-13(2)18(29)26-8-10-27(11-9-26)20-24-19-23-7-6-17(28(19)25-20)15-12-14(21)4-5-16(15)22/h4-7,12-13H,3,8-11H2,1-2H3. The Bertz CT molecular complexity index is 1040. The van der Waals surface area contributed by atoms with E-state index in [1.807, 2.05) is 24.8 Å². The first-order valence-corrected chi connectivity index (χ1v) is 10.4. The van der Waals surface area contributed by atoms with Gasteiger partial charge in [-0.1, -0.05) is 37.0 Å². The number of aromatic nitrogens is 4. The Morgan fingerprint density at radius 2 is 1.93 bits per heavy atom. The van der Waals surface area contributed by atoms with Crippen LogP contribution in [0.15, 0.2) is 30.5 Å². The van der Waals surface area contributed by atoms with Crippen LogP contribution in [-0.2, 0) is 4.79 Å². The van der Waals surface area contributed by atoms with Gasteiger partial charge in [0.15, 0.2) is 0 Å². The molecule has 1 fully saturated rings. The fourth-order valence-electron chi connectivity index (χ4n) is 3.43. The van der Waals surface area contributed by atoms with E-state index in [-0.39, 0.29) is 11.8 Å². The molecule has 4 rings (SSSR count). The van der Waals surface area contributed by atoms with Crippen molar-refractivity contribution in [2.45, 2.75) is 20.3 Å². The van der Waals surface area contributed by atoms with Gasteiger partial charge in [0, 0.05) is 48.9 Å². The second-order valence-electron chi connectivity index (χ2n) is 7.20. The number of fused-ring (bicyclic) bond motifs is 1. The summed E-state index contributed by atoms with van der Waals surface area (Å²) < 4.78 is 1.68. The molecule has 1 unspecified atom stereocenters. The summed E-state index contributed by atoms with van der Waals surface area (Å²) in [5.74, 6) is 1.36. The molecule has 0 N–H and O–H groups in total. The summed E-state index contributed by atoms with van der Waals surface area (Å²) in [5.41, 5.74) is 1.54. The smallest absolute Gasteiger partial charge is 0.254 e. The molecular formula is C20H22Cl2N6O. The Labute approximate surface area is 179 Å². The maximum absolute atomic E-state index is 12.4. The van der Waals surface area contributed by atoms with Gasteiger partial charge in [0.1, 0.15) is 0 Å². The number of rotatable bonds is 4. The number of piperazine rings is 1. The van der Waals surface area contributed by atoms with Crippen molar-refractivity contribution in [2.75, 3.05) is 31.1 Å². The minimum Gasteiger partial charge on any atom is -0.339 e. The molecule has 3 heterocycles. The van der Waals surface area contributed by atoms with Crippen molar-refractivity contribution in [3.8, 4) is 11.3 Å². The normalized spacial score (nSPS) is 15.7. The van der Waals surface area contributed by atoms with Crippen LogP contribution < -0.4 is 4.90 Å². The lowest BCUT2D eigenvalue weighted by Gasteiger charge is -2.35. The molecule has 1 saturated heterocycles. The number of nitrogens with zero attached hydrogens (tertiary/aromatic N) is 6. The highest BCUT2D eigenvalue weighted by Gasteiger charge is 2.26. The number of hydrogen-bond donors (Lipinski definition) is 0. The molecule has 0 aliphatic carbocycles. The molecule has 1 aliphatic heterocycles. The van der Waals surface area contributed by atoms with E-state index >= 15 is 0 Å². The molecule has 0 bridgehead atoms. The molecular weight excluding hydrogens is 411 g/mol. The van der Waals surface area contributed by atoms with E-state index in [2.05, 4.69) is 20.0 Å². The maximum Gasteiger partial charge on any atom is 0.254 e. The van der Waals surface area contributed by atoms with Crippen molar-refractivity contribution in [2.24, 2.45) is 5.92 Å². The van der Waals surface area contributed by atoms with E-state index in [0.717, 1.165) is 17.7 Å². The second-order valence-corrected chi connectivity index (χ2v) is 8.04. The average molecular weight is 433 g/mol. The molecule has 0 spiro atoms. The number of carbonyl (C=O) groups excluding carboxylic acids is 1.